The van der Waals surface area contributed by atoms with Gasteiger partial charge < -0.3 is 57.2 Å². The number of nitrogens with zero attached hydrogens (tertiary/aromatic N) is 2. The minimum atomic E-state index is -1.67. The highest BCUT2D eigenvalue weighted by Crippen LogP contribution is 2.40. The first kappa shape index (κ1) is 70.2. The fraction of sp³-hybridized carbons (Fsp3) is 0.493. The fourth-order valence-electron chi connectivity index (χ4n) is 14.9. The lowest BCUT2D eigenvalue weighted by molar-refractivity contribution is -0.145. The smallest absolute Gasteiger partial charge is 0.255 e. The second kappa shape index (κ2) is 33.3. The van der Waals surface area contributed by atoms with Crippen LogP contribution in [0.4, 0.5) is 0 Å². The zero-order chi connectivity index (χ0) is 66.8. The summed E-state index contributed by atoms with van der Waals surface area (Å²) in [5.74, 6) is -4.07. The van der Waals surface area contributed by atoms with Crippen LogP contribution >= 0.6 is 0 Å². The molecule has 0 saturated carbocycles. The molecule has 7 amide bonds. The van der Waals surface area contributed by atoms with E-state index in [0.29, 0.717) is 106 Å². The van der Waals surface area contributed by atoms with Crippen LogP contribution in [-0.4, -0.2) is 149 Å². The van der Waals surface area contributed by atoms with Crippen molar-refractivity contribution < 1.29 is 48.6 Å². The van der Waals surface area contributed by atoms with Crippen LogP contribution < -0.4 is 37.2 Å². The maximum absolute atomic E-state index is 15.2. The zero-order valence-corrected chi connectivity index (χ0v) is 55.0. The largest absolute Gasteiger partial charge is 0.396 e. The molecule has 4 saturated heterocycles. The molecule has 0 unspecified atom stereocenters. The molecule has 9 N–H and O–H groups in total. The average molecular weight is 1280 g/mol. The van der Waals surface area contributed by atoms with Gasteiger partial charge in [0.25, 0.3) is 5.91 Å². The quantitative estimate of drug-likeness (QED) is 0.0218. The van der Waals surface area contributed by atoms with Crippen LogP contribution in [0.5, 0.6) is 0 Å². The number of benzene rings is 5. The van der Waals surface area contributed by atoms with Crippen molar-refractivity contribution in [2.45, 2.75) is 189 Å². The van der Waals surface area contributed by atoms with Gasteiger partial charge in [-0.05, 0) is 150 Å². The van der Waals surface area contributed by atoms with Crippen molar-refractivity contribution in [2.24, 2.45) is 11.8 Å². The van der Waals surface area contributed by atoms with Gasteiger partial charge in [0.1, 0.15) is 29.7 Å². The lowest BCUT2D eigenvalue weighted by atomic mass is 9.77. The summed E-state index contributed by atoms with van der Waals surface area (Å²) in [5.41, 5.74) is 1.40. The topological polar surface area (TPSA) is 268 Å². The molecule has 0 aliphatic carbocycles. The number of aryl methyl sites for hydroxylation is 2. The highest BCUT2D eigenvalue weighted by Gasteiger charge is 2.53. The number of rotatable bonds is 31. The second-order valence-corrected chi connectivity index (χ2v) is 26.0. The highest BCUT2D eigenvalue weighted by molar-refractivity contribution is 6.01. The third-order valence-corrected chi connectivity index (χ3v) is 20.3. The number of carbonyl (C=O) groups is 8. The van der Waals surface area contributed by atoms with Gasteiger partial charge >= 0.3 is 0 Å². The summed E-state index contributed by atoms with van der Waals surface area (Å²) in [6.45, 7) is 3.48. The number of hydrogen-bond donors (Lipinski definition) is 9. The van der Waals surface area contributed by atoms with Crippen LogP contribution in [0.15, 0.2) is 146 Å². The van der Waals surface area contributed by atoms with Crippen molar-refractivity contribution in [3.8, 4) is 0 Å². The predicted octanol–water partition coefficient (Wildman–Crippen LogP) is 6.41. The summed E-state index contributed by atoms with van der Waals surface area (Å²) in [4.78, 5) is 119. The third-order valence-electron chi connectivity index (χ3n) is 20.3. The molecule has 9 rings (SSSR count). The van der Waals surface area contributed by atoms with Crippen LogP contribution in [0.3, 0.4) is 0 Å². The van der Waals surface area contributed by atoms with Crippen LogP contribution in [0.1, 0.15) is 150 Å². The Labute approximate surface area is 553 Å². The van der Waals surface area contributed by atoms with E-state index in [9.17, 15) is 34.2 Å². The number of unbranched alkanes of at least 4 members (excludes halogenated alkanes) is 3. The molecular weight excluding hydrogens is 1190 g/mol. The molecule has 19 heteroatoms. The number of ketones is 1. The van der Waals surface area contributed by atoms with Gasteiger partial charge in [0, 0.05) is 50.1 Å². The lowest BCUT2D eigenvalue weighted by Crippen LogP contribution is -2.62. The number of carbonyl (C=O) groups excluding carboxylic acids is 8. The van der Waals surface area contributed by atoms with Crippen LogP contribution in [0.2, 0.25) is 0 Å². The van der Waals surface area contributed by atoms with Crippen molar-refractivity contribution in [1.82, 2.24) is 47.0 Å². The van der Waals surface area contributed by atoms with Crippen molar-refractivity contribution in [1.29, 1.82) is 0 Å². The molecule has 502 valence electrons. The Morgan fingerprint density at radius 2 is 0.851 bits per heavy atom. The second-order valence-electron chi connectivity index (χ2n) is 26.0. The Morgan fingerprint density at radius 3 is 1.23 bits per heavy atom. The van der Waals surface area contributed by atoms with E-state index in [0.717, 1.165) is 37.7 Å². The van der Waals surface area contributed by atoms with E-state index in [-0.39, 0.29) is 49.3 Å². The van der Waals surface area contributed by atoms with Gasteiger partial charge in [0.05, 0.1) is 12.1 Å². The molecule has 94 heavy (non-hydrogen) atoms. The number of fused-ring (bicyclic) bond motifs is 2. The first-order valence-corrected chi connectivity index (χ1v) is 34.2. The number of amides is 7. The number of likely N-dealkylation sites (N-methyl/N-ethyl adjacent to an activating group) is 2. The molecule has 0 radical (unpaired) electrons. The van der Waals surface area contributed by atoms with Crippen molar-refractivity contribution in [3.05, 3.63) is 179 Å². The van der Waals surface area contributed by atoms with Gasteiger partial charge in [-0.2, -0.15) is 0 Å². The summed E-state index contributed by atoms with van der Waals surface area (Å²) in [7, 11) is 3.36. The van der Waals surface area contributed by atoms with E-state index >= 15 is 14.4 Å². The summed E-state index contributed by atoms with van der Waals surface area (Å²) in [6, 6.07) is 39.9. The van der Waals surface area contributed by atoms with Gasteiger partial charge in [-0.3, -0.25) is 38.4 Å². The molecule has 19 nitrogen and oxygen atoms in total. The van der Waals surface area contributed by atoms with E-state index in [4.69, 9.17) is 0 Å². The number of aliphatic hydroxyl groups excluding tert-OH is 2. The van der Waals surface area contributed by atoms with Gasteiger partial charge in [-0.1, -0.05) is 166 Å². The number of hydrogen-bond acceptors (Lipinski definition) is 12. The first-order valence-electron chi connectivity index (χ1n) is 34.2. The van der Waals surface area contributed by atoms with Crippen LogP contribution in [-0.2, 0) is 62.3 Å². The number of Topliss-reactive ketones (excluding diaryl/α,β-unsaturated/α-hetero) is 1. The molecule has 4 aliphatic heterocycles. The van der Waals surface area contributed by atoms with Gasteiger partial charge in [0.2, 0.25) is 35.4 Å². The minimum Gasteiger partial charge on any atom is -0.396 e. The molecule has 5 aromatic carbocycles. The van der Waals surface area contributed by atoms with Crippen molar-refractivity contribution in [3.63, 3.8) is 0 Å². The maximum Gasteiger partial charge on any atom is 0.255 e. The Balaban J connectivity index is 0.807. The normalized spacial score (nSPS) is 22.0. The molecule has 4 fully saturated rings. The Morgan fingerprint density at radius 1 is 0.479 bits per heavy atom. The molecule has 4 heterocycles. The zero-order valence-electron chi connectivity index (χ0n) is 55.0. The van der Waals surface area contributed by atoms with E-state index in [1.165, 1.54) is 5.56 Å². The Kier molecular flexibility index (Phi) is 24.9. The molecular formula is C75H97N9O10. The first-order chi connectivity index (χ1) is 45.7. The van der Waals surface area contributed by atoms with Gasteiger partial charge in [-0.25, -0.2) is 0 Å². The number of aliphatic hydroxyl groups is 2. The molecule has 10 atom stereocenters. The van der Waals surface area contributed by atoms with E-state index in [1.54, 1.807) is 23.9 Å². The predicted molar refractivity (Wildman–Crippen MR) is 360 cm³/mol. The summed E-state index contributed by atoms with van der Waals surface area (Å²) in [6.07, 6.45) is 10.3. The van der Waals surface area contributed by atoms with E-state index < -0.39 is 88.7 Å². The molecule has 0 spiro atoms. The SMILES string of the molecule is CC[C@H](NC)C(=O)N[C@@H]1C(=O)N2[C@@H](CC[C@@H]1CO)CC[C@H]2C(=O)NC(C(=O)CCCCCc1ccc(CCCCNC(=O)C(NC(=O)[C@@H]2CC[C@@H]3CC[C@H](CO)[C@H](NC(=O)[C@H](CC)NC)C(=O)N32)(c2ccccc2)c2ccccc2)cc1)(c1ccccc1)c1ccccc1. The third kappa shape index (κ3) is 15.7. The summed E-state index contributed by atoms with van der Waals surface area (Å²) in [5, 5.41) is 42.4. The van der Waals surface area contributed by atoms with Gasteiger partial charge in [0.15, 0.2) is 11.3 Å². The van der Waals surface area contributed by atoms with Crippen LogP contribution in [0.25, 0.3) is 0 Å². The van der Waals surface area contributed by atoms with E-state index in [2.05, 4.69) is 61.5 Å². The summed E-state index contributed by atoms with van der Waals surface area (Å²) < 4.78 is 0. The fourth-order valence-corrected chi connectivity index (χ4v) is 14.9. The summed E-state index contributed by atoms with van der Waals surface area (Å²) >= 11 is 0. The van der Waals surface area contributed by atoms with Crippen LogP contribution in [0, 0.1) is 11.8 Å². The minimum absolute atomic E-state index is 0.169. The monoisotopic (exact) mass is 1280 g/mol. The number of nitrogens with one attached hydrogen (secondary N) is 7. The Hall–Kier alpha value is -8.10. The Bertz CT molecular complexity index is 3030. The standard InChI is InChI=1S/C75H97N9O10/c1-5-60(76-3)67(88)79-65-52(48-85)39-41-58-43-45-62(83(58)71(65)92)69(90)81-74(54-26-13-8-14-27-54,55-28-15-9-16-29-55)64(87)34-21-7-12-24-50-35-37-51(38-36-50)25-22-23-47-78-73(94)75(56-30-17-10-18-31-56,57-32-19-11-20-33-57)82-70(91)63-46-44-59-42-40-53(49-86)66(72(93)84(59)63)80-68(89)61(6-2)77-4/h8-11,13-20,26-33,35-38,52-53,58-63,65-66,76-77,85-86H,5-7,12,21-25,34,39-49H2,1-4H3,(H,78,94)(H,79,88)(H,80,89)(H,81,90)(H,82,91)/t52-,53-,58+,59+,60+,61+,62+,63+,65+,66+/m1/s1. The van der Waals surface area contributed by atoms with Gasteiger partial charge in [-0.15, -0.1) is 0 Å². The maximum atomic E-state index is 15.2. The van der Waals surface area contributed by atoms with E-state index in [1.807, 2.05) is 135 Å². The molecule has 0 aromatic heterocycles. The lowest BCUT2D eigenvalue weighted by Gasteiger charge is -2.38. The van der Waals surface area contributed by atoms with Crippen molar-refractivity contribution >= 4 is 47.1 Å². The van der Waals surface area contributed by atoms with Crippen molar-refractivity contribution in [2.75, 3.05) is 33.9 Å². The molecule has 4 aliphatic rings. The molecule has 0 bridgehead atoms. The average Bonchev–Trinajstić information content (AvgIpc) is 1.09. The highest BCUT2D eigenvalue weighted by atomic mass is 16.3. The molecule has 5 aromatic rings.